The molecule has 0 spiro atoms. The second-order valence-electron chi connectivity index (χ2n) is 3.70. The number of terminal acetylenes is 1. The molecule has 0 aliphatic carbocycles. The zero-order valence-corrected chi connectivity index (χ0v) is 8.91. The Morgan fingerprint density at radius 3 is 2.14 bits per heavy atom. The highest BCUT2D eigenvalue weighted by Gasteiger charge is 2.00. The Bertz CT molecular complexity index is 149. The number of hydrogen-bond acceptors (Lipinski definition) is 2. The van der Waals surface area contributed by atoms with Gasteiger partial charge in [-0.3, -0.25) is 0 Å². The molecule has 0 fully saturated rings. The molecular formula is C12H22O2. The molecule has 0 radical (unpaired) electrons. The molecule has 0 aromatic heterocycles. The Kier molecular flexibility index (Phi) is 10.2. The first-order valence-corrected chi connectivity index (χ1v) is 5.53. The summed E-state index contributed by atoms with van der Waals surface area (Å²) in [6.07, 6.45) is 13.2. The summed E-state index contributed by atoms with van der Waals surface area (Å²) in [6, 6.07) is 0. The van der Waals surface area contributed by atoms with Gasteiger partial charge >= 0.3 is 0 Å². The van der Waals surface area contributed by atoms with Crippen molar-refractivity contribution in [1.82, 2.24) is 0 Å². The molecule has 82 valence electrons. The third-order valence-corrected chi connectivity index (χ3v) is 2.32. The van der Waals surface area contributed by atoms with Crippen LogP contribution in [-0.2, 0) is 0 Å². The minimum absolute atomic E-state index is 0.109. The molecular weight excluding hydrogens is 176 g/mol. The van der Waals surface area contributed by atoms with Gasteiger partial charge in [0.1, 0.15) is 0 Å². The van der Waals surface area contributed by atoms with E-state index in [2.05, 4.69) is 5.92 Å². The van der Waals surface area contributed by atoms with Crippen LogP contribution in [0.4, 0.5) is 0 Å². The van der Waals surface area contributed by atoms with E-state index < -0.39 is 6.10 Å². The maximum Gasteiger partial charge on any atom is 0.0770 e. The summed E-state index contributed by atoms with van der Waals surface area (Å²) in [5.41, 5.74) is 0. The normalized spacial score (nSPS) is 12.4. The SMILES string of the molecule is C#CCCCCCCCC[C@@H](O)CO. The van der Waals surface area contributed by atoms with Gasteiger partial charge in [-0.05, 0) is 12.8 Å². The maximum atomic E-state index is 9.06. The van der Waals surface area contributed by atoms with Crippen LogP contribution >= 0.6 is 0 Å². The fourth-order valence-corrected chi connectivity index (χ4v) is 1.41. The second-order valence-corrected chi connectivity index (χ2v) is 3.70. The van der Waals surface area contributed by atoms with Gasteiger partial charge in [0.2, 0.25) is 0 Å². The quantitative estimate of drug-likeness (QED) is 0.440. The Morgan fingerprint density at radius 2 is 1.57 bits per heavy atom. The molecule has 2 heteroatoms. The summed E-state index contributed by atoms with van der Waals surface area (Å²) in [4.78, 5) is 0. The number of aliphatic hydroxyl groups is 2. The molecule has 0 heterocycles. The van der Waals surface area contributed by atoms with Crippen molar-refractivity contribution < 1.29 is 10.2 Å². The van der Waals surface area contributed by atoms with Gasteiger partial charge < -0.3 is 10.2 Å². The monoisotopic (exact) mass is 198 g/mol. The van der Waals surface area contributed by atoms with E-state index in [4.69, 9.17) is 16.6 Å². The molecule has 0 amide bonds. The Labute approximate surface area is 87.3 Å². The second kappa shape index (κ2) is 10.6. The molecule has 0 unspecified atom stereocenters. The summed E-state index contributed by atoms with van der Waals surface area (Å²) < 4.78 is 0. The number of rotatable bonds is 9. The van der Waals surface area contributed by atoms with Gasteiger partial charge in [-0.25, -0.2) is 0 Å². The summed E-state index contributed by atoms with van der Waals surface area (Å²) in [7, 11) is 0. The van der Waals surface area contributed by atoms with Crippen molar-refractivity contribution in [3.8, 4) is 12.3 Å². The Hall–Kier alpha value is -0.520. The van der Waals surface area contributed by atoms with Crippen LogP contribution in [-0.4, -0.2) is 22.9 Å². The van der Waals surface area contributed by atoms with E-state index in [0.29, 0.717) is 0 Å². The van der Waals surface area contributed by atoms with E-state index in [9.17, 15) is 0 Å². The summed E-state index contributed by atoms with van der Waals surface area (Å²) in [5, 5.41) is 17.6. The molecule has 0 saturated heterocycles. The van der Waals surface area contributed by atoms with Crippen molar-refractivity contribution in [3.05, 3.63) is 0 Å². The maximum absolute atomic E-state index is 9.06. The third kappa shape index (κ3) is 9.57. The van der Waals surface area contributed by atoms with Gasteiger partial charge in [-0.2, -0.15) is 0 Å². The molecule has 0 aromatic carbocycles. The molecule has 14 heavy (non-hydrogen) atoms. The molecule has 0 aromatic rings. The van der Waals surface area contributed by atoms with Crippen LogP contribution in [0.1, 0.15) is 51.4 Å². The Balaban J connectivity index is 2.96. The van der Waals surface area contributed by atoms with E-state index in [0.717, 1.165) is 32.1 Å². The lowest BCUT2D eigenvalue weighted by atomic mass is 10.1. The largest absolute Gasteiger partial charge is 0.394 e. The van der Waals surface area contributed by atoms with E-state index in [1.165, 1.54) is 19.3 Å². The van der Waals surface area contributed by atoms with Crippen LogP contribution in [0.15, 0.2) is 0 Å². The predicted octanol–water partition coefficient (Wildman–Crippen LogP) is 2.09. The van der Waals surface area contributed by atoms with E-state index >= 15 is 0 Å². The fourth-order valence-electron chi connectivity index (χ4n) is 1.41. The van der Waals surface area contributed by atoms with Crippen molar-refractivity contribution in [2.75, 3.05) is 6.61 Å². The Morgan fingerprint density at radius 1 is 1.00 bits per heavy atom. The van der Waals surface area contributed by atoms with Crippen molar-refractivity contribution in [2.45, 2.75) is 57.5 Å². The first kappa shape index (κ1) is 13.5. The van der Waals surface area contributed by atoms with E-state index in [1.807, 2.05) is 0 Å². The average Bonchev–Trinajstić information content (AvgIpc) is 2.21. The smallest absolute Gasteiger partial charge is 0.0770 e. The molecule has 2 nitrogen and oxygen atoms in total. The average molecular weight is 198 g/mol. The minimum Gasteiger partial charge on any atom is -0.394 e. The zero-order chi connectivity index (χ0) is 10.6. The molecule has 0 aliphatic rings. The first-order valence-electron chi connectivity index (χ1n) is 5.53. The zero-order valence-electron chi connectivity index (χ0n) is 8.91. The highest BCUT2D eigenvalue weighted by molar-refractivity contribution is 4.82. The lowest BCUT2D eigenvalue weighted by Crippen LogP contribution is -2.10. The van der Waals surface area contributed by atoms with Crippen molar-refractivity contribution in [2.24, 2.45) is 0 Å². The molecule has 0 rings (SSSR count). The van der Waals surface area contributed by atoms with E-state index in [1.54, 1.807) is 0 Å². The van der Waals surface area contributed by atoms with Crippen molar-refractivity contribution in [1.29, 1.82) is 0 Å². The molecule has 1 atom stereocenters. The van der Waals surface area contributed by atoms with Crippen LogP contribution in [0.25, 0.3) is 0 Å². The van der Waals surface area contributed by atoms with Gasteiger partial charge in [-0.15, -0.1) is 12.3 Å². The number of aliphatic hydroxyl groups excluding tert-OH is 2. The van der Waals surface area contributed by atoms with Gasteiger partial charge in [0.05, 0.1) is 12.7 Å². The van der Waals surface area contributed by atoms with E-state index in [-0.39, 0.29) is 6.61 Å². The highest BCUT2D eigenvalue weighted by atomic mass is 16.3. The lowest BCUT2D eigenvalue weighted by Gasteiger charge is -2.05. The summed E-state index contributed by atoms with van der Waals surface area (Å²) >= 11 is 0. The molecule has 0 bridgehead atoms. The van der Waals surface area contributed by atoms with Crippen LogP contribution in [0.5, 0.6) is 0 Å². The molecule has 0 aliphatic heterocycles. The van der Waals surface area contributed by atoms with Crippen LogP contribution in [0, 0.1) is 12.3 Å². The van der Waals surface area contributed by atoms with Crippen LogP contribution < -0.4 is 0 Å². The van der Waals surface area contributed by atoms with Gasteiger partial charge in [0.25, 0.3) is 0 Å². The number of hydrogen-bond donors (Lipinski definition) is 2. The third-order valence-electron chi connectivity index (χ3n) is 2.32. The number of unbranched alkanes of at least 4 members (excludes halogenated alkanes) is 6. The van der Waals surface area contributed by atoms with Crippen molar-refractivity contribution in [3.63, 3.8) is 0 Å². The molecule has 0 saturated carbocycles. The highest BCUT2D eigenvalue weighted by Crippen LogP contribution is 2.09. The summed E-state index contributed by atoms with van der Waals surface area (Å²) in [6.45, 7) is -0.109. The fraction of sp³-hybridized carbons (Fsp3) is 0.833. The topological polar surface area (TPSA) is 40.5 Å². The predicted molar refractivity (Wildman–Crippen MR) is 58.9 cm³/mol. The summed E-state index contributed by atoms with van der Waals surface area (Å²) in [5.74, 6) is 2.63. The minimum atomic E-state index is -0.517. The van der Waals surface area contributed by atoms with Crippen LogP contribution in [0.2, 0.25) is 0 Å². The molecule has 2 N–H and O–H groups in total. The van der Waals surface area contributed by atoms with Gasteiger partial charge in [0, 0.05) is 6.42 Å². The van der Waals surface area contributed by atoms with Crippen molar-refractivity contribution >= 4 is 0 Å². The van der Waals surface area contributed by atoms with Gasteiger partial charge in [-0.1, -0.05) is 32.1 Å². The first-order chi connectivity index (χ1) is 6.81. The van der Waals surface area contributed by atoms with Crippen LogP contribution in [0.3, 0.4) is 0 Å². The lowest BCUT2D eigenvalue weighted by molar-refractivity contribution is 0.0860. The van der Waals surface area contributed by atoms with Gasteiger partial charge in [0.15, 0.2) is 0 Å². The standard InChI is InChI=1S/C12H22O2/c1-2-3-4-5-6-7-8-9-10-12(14)11-13/h1,12-14H,3-11H2/t12-/m1/s1.